The third-order valence-corrected chi connectivity index (χ3v) is 3.06. The van der Waals surface area contributed by atoms with Crippen molar-refractivity contribution in [2.24, 2.45) is 14.1 Å². The van der Waals surface area contributed by atoms with E-state index in [1.54, 1.807) is 13.1 Å². The molecule has 0 atom stereocenters. The van der Waals surface area contributed by atoms with Gasteiger partial charge in [-0.05, 0) is 6.42 Å². The Morgan fingerprint density at radius 1 is 1.36 bits per heavy atom. The molecule has 2 N–H and O–H groups in total. The van der Waals surface area contributed by atoms with Gasteiger partial charge in [0.05, 0.1) is 6.54 Å². The van der Waals surface area contributed by atoms with Crippen LogP contribution in [0.15, 0.2) is 27.4 Å². The third kappa shape index (κ3) is 4.09. The smallest absolute Gasteiger partial charge is 0.330 e. The van der Waals surface area contributed by atoms with Crippen LogP contribution in [0.3, 0.4) is 0 Å². The minimum absolute atomic E-state index is 0.0673. The number of amides is 1. The van der Waals surface area contributed by atoms with Gasteiger partial charge in [-0.2, -0.15) is 5.26 Å². The minimum atomic E-state index is -0.463. The molecule has 8 heteroatoms. The molecule has 0 spiro atoms. The van der Waals surface area contributed by atoms with E-state index in [0.29, 0.717) is 12.2 Å². The first-order valence-electron chi connectivity index (χ1n) is 6.80. The molecular formula is C14H19N5O3. The molecule has 0 aliphatic heterocycles. The second-order valence-electron chi connectivity index (χ2n) is 4.68. The van der Waals surface area contributed by atoms with Crippen molar-refractivity contribution < 1.29 is 4.79 Å². The molecule has 0 aliphatic carbocycles. The second-order valence-corrected chi connectivity index (χ2v) is 4.68. The van der Waals surface area contributed by atoms with Gasteiger partial charge < -0.3 is 10.6 Å². The maximum atomic E-state index is 11.8. The van der Waals surface area contributed by atoms with E-state index in [0.717, 1.165) is 11.0 Å². The van der Waals surface area contributed by atoms with Crippen molar-refractivity contribution in [1.82, 2.24) is 19.8 Å². The highest BCUT2D eigenvalue weighted by Crippen LogP contribution is 1.94. The number of rotatable bonds is 6. The van der Waals surface area contributed by atoms with Crippen molar-refractivity contribution in [1.29, 1.82) is 5.26 Å². The van der Waals surface area contributed by atoms with Gasteiger partial charge in [-0.1, -0.05) is 6.92 Å². The van der Waals surface area contributed by atoms with Crippen LogP contribution < -0.4 is 21.9 Å². The summed E-state index contributed by atoms with van der Waals surface area (Å²) in [5.41, 5.74) is -0.461. The molecule has 118 valence electrons. The Kier molecular flexibility index (Phi) is 6.13. The van der Waals surface area contributed by atoms with Crippen LogP contribution in [0.5, 0.6) is 0 Å². The first-order chi connectivity index (χ1) is 10.4. The first kappa shape index (κ1) is 17.2. The summed E-state index contributed by atoms with van der Waals surface area (Å²) < 4.78 is 2.32. The van der Waals surface area contributed by atoms with Gasteiger partial charge in [0, 0.05) is 38.6 Å². The summed E-state index contributed by atoms with van der Waals surface area (Å²) in [7, 11) is 2.94. The number of nitriles is 1. The van der Waals surface area contributed by atoms with Gasteiger partial charge in [-0.15, -0.1) is 0 Å². The largest absolute Gasteiger partial charge is 0.384 e. The predicted octanol–water partition coefficient (Wildman–Crippen LogP) is -0.893. The summed E-state index contributed by atoms with van der Waals surface area (Å²) in [6, 6.07) is 3.12. The molecule has 8 nitrogen and oxygen atoms in total. The van der Waals surface area contributed by atoms with Crippen LogP contribution in [0.25, 0.3) is 0 Å². The Labute approximate surface area is 127 Å². The van der Waals surface area contributed by atoms with E-state index < -0.39 is 17.2 Å². The first-order valence-corrected chi connectivity index (χ1v) is 6.80. The average molecular weight is 305 g/mol. The molecule has 0 aliphatic rings. The Balaban J connectivity index is 2.84. The zero-order valence-corrected chi connectivity index (χ0v) is 12.8. The van der Waals surface area contributed by atoms with E-state index >= 15 is 0 Å². The molecule has 22 heavy (non-hydrogen) atoms. The molecule has 1 aromatic heterocycles. The van der Waals surface area contributed by atoms with Crippen molar-refractivity contribution in [2.45, 2.75) is 19.9 Å². The summed E-state index contributed by atoms with van der Waals surface area (Å²) in [4.78, 5) is 35.0. The van der Waals surface area contributed by atoms with E-state index in [1.807, 2.05) is 6.92 Å². The molecule has 0 bridgehead atoms. The fourth-order valence-electron chi connectivity index (χ4n) is 1.69. The highest BCUT2D eigenvalue weighted by molar-refractivity contribution is 5.97. The van der Waals surface area contributed by atoms with Crippen molar-refractivity contribution in [3.8, 4) is 6.07 Å². The number of nitrogens with one attached hydrogen (secondary N) is 2. The van der Waals surface area contributed by atoms with E-state index in [-0.39, 0.29) is 12.1 Å². The standard InChI is InChI=1S/C14H19N5O3/c1-4-5-17-13(21)10(7-15)8-16-9-11-6-12(20)19(3)14(22)18(11)2/h6,8,16H,4-5,9H2,1-3H3,(H,17,21)/b10-8-. The number of aromatic nitrogens is 2. The van der Waals surface area contributed by atoms with Crippen LogP contribution >= 0.6 is 0 Å². The van der Waals surface area contributed by atoms with E-state index in [1.165, 1.54) is 23.9 Å². The van der Waals surface area contributed by atoms with Crippen LogP contribution in [0.1, 0.15) is 19.0 Å². The highest BCUT2D eigenvalue weighted by atomic mass is 16.2. The van der Waals surface area contributed by atoms with E-state index in [2.05, 4.69) is 10.6 Å². The summed E-state index contributed by atoms with van der Waals surface area (Å²) >= 11 is 0. The zero-order chi connectivity index (χ0) is 16.7. The number of hydrogen-bond donors (Lipinski definition) is 2. The van der Waals surface area contributed by atoms with E-state index in [4.69, 9.17) is 5.26 Å². The van der Waals surface area contributed by atoms with Gasteiger partial charge in [-0.25, -0.2) is 4.79 Å². The van der Waals surface area contributed by atoms with Gasteiger partial charge in [0.15, 0.2) is 0 Å². The zero-order valence-electron chi connectivity index (χ0n) is 12.8. The van der Waals surface area contributed by atoms with Crippen LogP contribution in [0.4, 0.5) is 0 Å². The SMILES string of the molecule is CCCNC(=O)/C(C#N)=C\NCc1cc(=O)n(C)c(=O)n1C. The van der Waals surface area contributed by atoms with Gasteiger partial charge >= 0.3 is 5.69 Å². The minimum Gasteiger partial charge on any atom is -0.384 e. The topological polar surface area (TPSA) is 109 Å². The molecule has 0 unspecified atom stereocenters. The Morgan fingerprint density at radius 2 is 2.05 bits per heavy atom. The quantitative estimate of drug-likeness (QED) is 0.523. The maximum Gasteiger partial charge on any atom is 0.330 e. The van der Waals surface area contributed by atoms with Crippen LogP contribution in [-0.4, -0.2) is 21.6 Å². The van der Waals surface area contributed by atoms with E-state index in [9.17, 15) is 14.4 Å². The lowest BCUT2D eigenvalue weighted by atomic mass is 10.3. The molecule has 1 aromatic rings. The summed E-state index contributed by atoms with van der Waals surface area (Å²) in [6.07, 6.45) is 2.04. The Bertz CT molecular complexity index is 736. The van der Waals surface area contributed by atoms with Crippen molar-refractivity contribution in [2.75, 3.05) is 6.54 Å². The molecule has 0 saturated heterocycles. The fraction of sp³-hybridized carbons (Fsp3) is 0.429. The Hall–Kier alpha value is -2.82. The lowest BCUT2D eigenvalue weighted by Gasteiger charge is -2.09. The van der Waals surface area contributed by atoms with Crippen molar-refractivity contribution in [3.63, 3.8) is 0 Å². The second kappa shape index (κ2) is 7.83. The monoisotopic (exact) mass is 305 g/mol. The summed E-state index contributed by atoms with van der Waals surface area (Å²) in [6.45, 7) is 2.54. The van der Waals surface area contributed by atoms with Gasteiger partial charge in [0.1, 0.15) is 11.6 Å². The van der Waals surface area contributed by atoms with Gasteiger partial charge in [0.2, 0.25) is 0 Å². The molecule has 0 saturated carbocycles. The molecule has 1 heterocycles. The summed E-state index contributed by atoms with van der Waals surface area (Å²) in [5, 5.41) is 14.3. The fourth-order valence-corrected chi connectivity index (χ4v) is 1.69. The lowest BCUT2D eigenvalue weighted by Crippen LogP contribution is -2.38. The lowest BCUT2D eigenvalue weighted by molar-refractivity contribution is -0.117. The van der Waals surface area contributed by atoms with Gasteiger partial charge in [0.25, 0.3) is 11.5 Å². The number of carbonyl (C=O) groups is 1. The van der Waals surface area contributed by atoms with Crippen molar-refractivity contribution >= 4 is 5.91 Å². The number of carbonyl (C=O) groups excluding carboxylic acids is 1. The molecule has 0 aromatic carbocycles. The van der Waals surface area contributed by atoms with Crippen LogP contribution in [0, 0.1) is 11.3 Å². The van der Waals surface area contributed by atoms with Gasteiger partial charge in [-0.3, -0.25) is 18.7 Å². The number of hydrogen-bond acceptors (Lipinski definition) is 5. The normalized spacial score (nSPS) is 10.9. The molecule has 1 amide bonds. The predicted molar refractivity (Wildman–Crippen MR) is 80.8 cm³/mol. The molecule has 0 radical (unpaired) electrons. The Morgan fingerprint density at radius 3 is 2.64 bits per heavy atom. The molecule has 1 rings (SSSR count). The molecule has 0 fully saturated rings. The van der Waals surface area contributed by atoms with Crippen molar-refractivity contribution in [3.05, 3.63) is 44.4 Å². The van der Waals surface area contributed by atoms with Crippen LogP contribution in [0.2, 0.25) is 0 Å². The number of nitrogens with zero attached hydrogens (tertiary/aromatic N) is 3. The summed E-state index contributed by atoms with van der Waals surface area (Å²) in [5.74, 6) is -0.463. The average Bonchev–Trinajstić information content (AvgIpc) is 2.51. The maximum absolute atomic E-state index is 11.8. The highest BCUT2D eigenvalue weighted by Gasteiger charge is 2.08. The third-order valence-electron chi connectivity index (χ3n) is 3.06. The van der Waals surface area contributed by atoms with Crippen LogP contribution in [-0.2, 0) is 25.4 Å². The molecular weight excluding hydrogens is 286 g/mol.